The van der Waals surface area contributed by atoms with Gasteiger partial charge in [0.2, 0.25) is 0 Å². The van der Waals surface area contributed by atoms with Crippen molar-refractivity contribution >= 4 is 28.8 Å². The zero-order valence-electron chi connectivity index (χ0n) is 12.0. The molecule has 0 saturated heterocycles. The van der Waals surface area contributed by atoms with Gasteiger partial charge in [-0.2, -0.15) is 11.8 Å². The zero-order valence-corrected chi connectivity index (χ0v) is 12.8. The van der Waals surface area contributed by atoms with Crippen LogP contribution in [0.15, 0.2) is 34.7 Å². The maximum atomic E-state index is 11.8. The number of thioether (sulfide) groups is 1. The summed E-state index contributed by atoms with van der Waals surface area (Å²) in [5.41, 5.74) is 0.815. The van der Waals surface area contributed by atoms with Gasteiger partial charge in [-0.05, 0) is 24.8 Å². The number of amides is 2. The smallest absolute Gasteiger partial charge is 0.315 e. The Morgan fingerprint density at radius 1 is 1.43 bits per heavy atom. The summed E-state index contributed by atoms with van der Waals surface area (Å²) in [6.45, 7) is 0.403. The number of furan rings is 1. The number of fused-ring (bicyclic) bond motifs is 1. The molecule has 0 aliphatic heterocycles. The van der Waals surface area contributed by atoms with Crippen molar-refractivity contribution in [2.75, 3.05) is 18.6 Å². The van der Waals surface area contributed by atoms with Gasteiger partial charge in [0.1, 0.15) is 11.3 Å². The molecule has 1 atom stereocenters. The number of aliphatic hydroxyl groups is 1. The van der Waals surface area contributed by atoms with Gasteiger partial charge in [-0.15, -0.1) is 0 Å². The lowest BCUT2D eigenvalue weighted by atomic mass is 10.2. The monoisotopic (exact) mass is 308 g/mol. The molecule has 0 aliphatic rings. The Morgan fingerprint density at radius 2 is 2.24 bits per heavy atom. The van der Waals surface area contributed by atoms with Crippen LogP contribution in [0.3, 0.4) is 0 Å². The molecule has 3 N–H and O–H groups in total. The van der Waals surface area contributed by atoms with E-state index in [9.17, 15) is 4.79 Å². The predicted octanol–water partition coefficient (Wildman–Crippen LogP) is 2.35. The fourth-order valence-electron chi connectivity index (χ4n) is 2.08. The molecule has 0 spiro atoms. The fraction of sp³-hybridized carbons (Fsp3) is 0.400. The first-order valence-electron chi connectivity index (χ1n) is 6.84. The molecule has 2 aromatic rings. The summed E-state index contributed by atoms with van der Waals surface area (Å²) in [6, 6.07) is 9.38. The van der Waals surface area contributed by atoms with Gasteiger partial charge in [0.25, 0.3) is 0 Å². The van der Waals surface area contributed by atoms with Gasteiger partial charge in [-0.3, -0.25) is 0 Å². The minimum atomic E-state index is -0.247. The van der Waals surface area contributed by atoms with E-state index in [1.54, 1.807) is 11.8 Å². The number of nitrogens with one attached hydrogen (secondary N) is 2. The molecule has 0 fully saturated rings. The summed E-state index contributed by atoms with van der Waals surface area (Å²) >= 11 is 1.64. The number of rotatable bonds is 7. The van der Waals surface area contributed by atoms with Crippen molar-refractivity contribution < 1.29 is 14.3 Å². The van der Waals surface area contributed by atoms with Gasteiger partial charge in [-0.1, -0.05) is 18.2 Å². The van der Waals surface area contributed by atoms with Crippen molar-refractivity contribution in [2.45, 2.75) is 19.0 Å². The summed E-state index contributed by atoms with van der Waals surface area (Å²) in [6.07, 6.45) is 2.53. The van der Waals surface area contributed by atoms with Crippen molar-refractivity contribution in [3.8, 4) is 0 Å². The molecule has 1 aromatic heterocycles. The molecule has 1 aromatic carbocycles. The number of urea groups is 1. The normalized spacial score (nSPS) is 12.3. The van der Waals surface area contributed by atoms with Crippen molar-refractivity contribution in [3.63, 3.8) is 0 Å². The largest absolute Gasteiger partial charge is 0.459 e. The van der Waals surface area contributed by atoms with Crippen molar-refractivity contribution in [3.05, 3.63) is 36.1 Å². The Balaban J connectivity index is 1.85. The third-order valence-electron chi connectivity index (χ3n) is 3.08. The van der Waals surface area contributed by atoms with E-state index < -0.39 is 0 Å². The Hall–Kier alpha value is -1.66. The summed E-state index contributed by atoms with van der Waals surface area (Å²) in [5.74, 6) is 1.49. The molecule has 21 heavy (non-hydrogen) atoms. The zero-order chi connectivity index (χ0) is 15.1. The Kier molecular flexibility index (Phi) is 5.95. The Morgan fingerprint density at radius 3 is 2.95 bits per heavy atom. The van der Waals surface area contributed by atoms with Crippen LogP contribution >= 0.6 is 11.8 Å². The SMILES string of the molecule is CSCC(CCO)NC(=O)NCc1cc2ccccc2o1. The minimum absolute atomic E-state index is 0.0272. The second kappa shape index (κ2) is 7.95. The van der Waals surface area contributed by atoms with E-state index in [0.717, 1.165) is 22.5 Å². The van der Waals surface area contributed by atoms with Gasteiger partial charge >= 0.3 is 6.03 Å². The van der Waals surface area contributed by atoms with Crippen molar-refractivity contribution in [1.29, 1.82) is 0 Å². The number of hydrogen-bond acceptors (Lipinski definition) is 4. The van der Waals surface area contributed by atoms with Crippen molar-refractivity contribution in [2.24, 2.45) is 0 Å². The van der Waals surface area contributed by atoms with Gasteiger partial charge in [0.05, 0.1) is 6.54 Å². The lowest BCUT2D eigenvalue weighted by Crippen LogP contribution is -2.43. The number of carbonyl (C=O) groups is 1. The van der Waals surface area contributed by atoms with E-state index in [1.807, 2.05) is 36.6 Å². The number of aliphatic hydroxyl groups excluding tert-OH is 1. The van der Waals surface area contributed by atoms with Crippen LogP contribution < -0.4 is 10.6 Å². The first-order valence-corrected chi connectivity index (χ1v) is 8.24. The molecule has 114 valence electrons. The first-order chi connectivity index (χ1) is 10.2. The molecule has 2 rings (SSSR count). The highest BCUT2D eigenvalue weighted by molar-refractivity contribution is 7.98. The molecule has 6 heteroatoms. The summed E-state index contributed by atoms with van der Waals surface area (Å²) < 4.78 is 5.63. The topological polar surface area (TPSA) is 74.5 Å². The molecule has 5 nitrogen and oxygen atoms in total. The van der Waals surface area contributed by atoms with E-state index >= 15 is 0 Å². The highest BCUT2D eigenvalue weighted by Crippen LogP contribution is 2.18. The fourth-order valence-corrected chi connectivity index (χ4v) is 2.73. The molecular weight excluding hydrogens is 288 g/mol. The first kappa shape index (κ1) is 15.7. The second-order valence-electron chi connectivity index (χ2n) is 4.74. The highest BCUT2D eigenvalue weighted by atomic mass is 32.2. The van der Waals surface area contributed by atoms with Crippen LogP contribution in [0.5, 0.6) is 0 Å². The summed E-state index contributed by atoms with van der Waals surface area (Å²) in [4.78, 5) is 11.8. The quantitative estimate of drug-likeness (QED) is 0.734. The lowest BCUT2D eigenvalue weighted by Gasteiger charge is -2.16. The van der Waals surface area contributed by atoms with Gasteiger partial charge in [0, 0.05) is 23.8 Å². The predicted molar refractivity (Wildman–Crippen MR) is 85.5 cm³/mol. The maximum absolute atomic E-state index is 11.8. The third-order valence-corrected chi connectivity index (χ3v) is 3.82. The number of benzene rings is 1. The lowest BCUT2D eigenvalue weighted by molar-refractivity contribution is 0.230. The minimum Gasteiger partial charge on any atom is -0.459 e. The number of para-hydroxylation sites is 1. The van der Waals surface area contributed by atoms with Crippen LogP contribution in [-0.4, -0.2) is 35.8 Å². The Bertz CT molecular complexity index is 546. The molecule has 1 heterocycles. The Labute approximate surface area is 128 Å². The van der Waals surface area contributed by atoms with E-state index in [-0.39, 0.29) is 18.7 Å². The average molecular weight is 308 g/mol. The molecule has 0 aliphatic carbocycles. The summed E-state index contributed by atoms with van der Waals surface area (Å²) in [7, 11) is 0. The average Bonchev–Trinajstić information content (AvgIpc) is 2.88. The van der Waals surface area contributed by atoms with Gasteiger partial charge in [-0.25, -0.2) is 4.79 Å². The number of hydrogen-bond donors (Lipinski definition) is 3. The van der Waals surface area contributed by atoms with Gasteiger partial charge in [0.15, 0.2) is 0 Å². The van der Waals surface area contributed by atoms with Crippen molar-refractivity contribution in [1.82, 2.24) is 10.6 Å². The summed E-state index contributed by atoms with van der Waals surface area (Å²) in [5, 5.41) is 15.6. The van der Waals surface area contributed by atoms with E-state index in [4.69, 9.17) is 9.52 Å². The molecule has 1 unspecified atom stereocenters. The van der Waals surface area contributed by atoms with Crippen LogP contribution in [-0.2, 0) is 6.54 Å². The highest BCUT2D eigenvalue weighted by Gasteiger charge is 2.11. The molecule has 0 saturated carbocycles. The molecule has 0 bridgehead atoms. The van der Waals surface area contributed by atoms with Crippen LogP contribution in [0, 0.1) is 0 Å². The molecule has 0 radical (unpaired) electrons. The third kappa shape index (κ3) is 4.68. The van der Waals surface area contributed by atoms with Crippen LogP contribution in [0.1, 0.15) is 12.2 Å². The van der Waals surface area contributed by atoms with Crippen LogP contribution in [0.2, 0.25) is 0 Å². The maximum Gasteiger partial charge on any atom is 0.315 e. The number of carbonyl (C=O) groups excluding carboxylic acids is 1. The standard InChI is InChI=1S/C15H20N2O3S/c1-21-10-12(6-7-18)17-15(19)16-9-13-8-11-4-2-3-5-14(11)20-13/h2-5,8,12,18H,6-7,9-10H2,1H3,(H2,16,17,19). The van der Waals surface area contributed by atoms with Crippen LogP contribution in [0.4, 0.5) is 4.79 Å². The van der Waals surface area contributed by atoms with E-state index in [1.165, 1.54) is 0 Å². The molecular formula is C15H20N2O3S. The van der Waals surface area contributed by atoms with Gasteiger partial charge < -0.3 is 20.2 Å². The van der Waals surface area contributed by atoms with E-state index in [2.05, 4.69) is 10.6 Å². The van der Waals surface area contributed by atoms with Crippen LogP contribution in [0.25, 0.3) is 11.0 Å². The van der Waals surface area contributed by atoms with E-state index in [0.29, 0.717) is 13.0 Å². The second-order valence-corrected chi connectivity index (χ2v) is 5.65. The molecule has 2 amide bonds.